The summed E-state index contributed by atoms with van der Waals surface area (Å²) in [5.74, 6) is -1.56. The lowest BCUT2D eigenvalue weighted by molar-refractivity contribution is -0.123. The summed E-state index contributed by atoms with van der Waals surface area (Å²) >= 11 is 2.02. The molecule has 3 aromatic rings. The summed E-state index contributed by atoms with van der Waals surface area (Å²) in [4.78, 5) is 28.9. The minimum absolute atomic E-state index is 0.0366. The molecule has 2 aliphatic heterocycles. The smallest absolute Gasteiger partial charge is 0.487 e. The van der Waals surface area contributed by atoms with Gasteiger partial charge in [0, 0.05) is 11.4 Å². The van der Waals surface area contributed by atoms with Crippen molar-refractivity contribution in [2.75, 3.05) is 17.3 Å². The fraction of sp³-hybridized carbons (Fsp3) is 0.267. The Morgan fingerprint density at radius 3 is 2.42 bits per heavy atom. The lowest BCUT2D eigenvalue weighted by Crippen LogP contribution is -2.44. The van der Waals surface area contributed by atoms with Crippen LogP contribution in [0, 0.1) is 21.3 Å². The van der Waals surface area contributed by atoms with Crippen LogP contribution < -0.4 is 15.0 Å². The molecule has 0 bridgehead atoms. The Hall–Kier alpha value is -3.35. The monoisotopic (exact) mass is 650 g/mol. The average molecular weight is 650 g/mol. The maximum Gasteiger partial charge on any atom is 0.487 e. The van der Waals surface area contributed by atoms with E-state index in [0.717, 1.165) is 22.5 Å². The van der Waals surface area contributed by atoms with E-state index in [9.17, 15) is 19.7 Å². The summed E-state index contributed by atoms with van der Waals surface area (Å²) in [6, 6.07) is 20.5. The number of phenols is 1. The molecular weight excluding hydrogens is 622 g/mol. The molecule has 10 heteroatoms. The predicted octanol–water partition coefficient (Wildman–Crippen LogP) is 5.37. The number of imide groups is 1. The number of allylic oxidation sites excluding steroid dienone is 2. The molecule has 6 rings (SSSR count). The van der Waals surface area contributed by atoms with Crippen LogP contribution in [0.2, 0.25) is 0 Å². The van der Waals surface area contributed by atoms with E-state index in [4.69, 9.17) is 9.39 Å². The molecule has 0 saturated carbocycles. The minimum atomic E-state index is -1.19. The van der Waals surface area contributed by atoms with Gasteiger partial charge in [-0.25, -0.2) is 0 Å². The van der Waals surface area contributed by atoms with E-state index < -0.39 is 25.1 Å². The molecule has 0 spiro atoms. The number of para-hydroxylation sites is 1. The first-order valence-corrected chi connectivity index (χ1v) is 14.2. The second-order valence-corrected chi connectivity index (χ2v) is 11.7. The van der Waals surface area contributed by atoms with Crippen LogP contribution in [0.15, 0.2) is 77.8 Å². The standard InChI is InChI=1S/C30H28BIN2O6/c1-16-12-22-26(21-15-24(40-31(38)27(16)21)17-13-23(32)28(35)25(14-17)39-2)30(37)34(29(22)36)20-10-8-19(9-11-20)33-18-6-4-3-5-7-18/h3-11,13-14,21-22,24,26,33,35,38H,12,15H2,1-2H3/t21-,22-,24-,26+/m0/s1. The highest BCUT2D eigenvalue weighted by Gasteiger charge is 2.57. The average Bonchev–Trinajstić information content (AvgIpc) is 3.20. The molecule has 4 atom stereocenters. The van der Waals surface area contributed by atoms with Gasteiger partial charge in [-0.1, -0.05) is 23.8 Å². The first-order valence-electron chi connectivity index (χ1n) is 13.2. The van der Waals surface area contributed by atoms with E-state index in [1.54, 1.807) is 24.3 Å². The number of fused-ring (bicyclic) bond motifs is 3. The number of rotatable bonds is 5. The van der Waals surface area contributed by atoms with Gasteiger partial charge in [-0.15, -0.1) is 0 Å². The van der Waals surface area contributed by atoms with E-state index in [2.05, 4.69) is 5.32 Å². The SMILES string of the molecule is COc1cc([C@@H]2C[C@@H]3C(=C(C)C[C@@H]4C(=O)N(c5ccc(Nc6ccccc6)cc5)C(=O)[C@@H]43)B(O)O2)cc(I)c1O. The molecule has 2 saturated heterocycles. The van der Waals surface area contributed by atoms with E-state index in [1.807, 2.05) is 72.0 Å². The van der Waals surface area contributed by atoms with Gasteiger partial charge in [0.2, 0.25) is 11.8 Å². The third-order valence-electron chi connectivity index (χ3n) is 8.19. The van der Waals surface area contributed by atoms with Crippen LogP contribution in [0.25, 0.3) is 0 Å². The van der Waals surface area contributed by atoms with Gasteiger partial charge in [0.15, 0.2) is 11.5 Å². The van der Waals surface area contributed by atoms with Gasteiger partial charge in [-0.05, 0) is 108 Å². The van der Waals surface area contributed by atoms with Gasteiger partial charge >= 0.3 is 7.12 Å². The summed E-state index contributed by atoms with van der Waals surface area (Å²) in [5.41, 5.74) is 4.64. The summed E-state index contributed by atoms with van der Waals surface area (Å²) in [7, 11) is 0.283. The molecule has 2 fully saturated rings. The second kappa shape index (κ2) is 10.6. The van der Waals surface area contributed by atoms with Crippen LogP contribution in [-0.4, -0.2) is 36.2 Å². The zero-order chi connectivity index (χ0) is 28.1. The van der Waals surface area contributed by atoms with Gasteiger partial charge in [0.1, 0.15) is 0 Å². The van der Waals surface area contributed by atoms with Gasteiger partial charge in [-0.2, -0.15) is 0 Å². The van der Waals surface area contributed by atoms with Gasteiger partial charge in [-0.3, -0.25) is 14.5 Å². The first-order chi connectivity index (χ1) is 19.3. The summed E-state index contributed by atoms with van der Waals surface area (Å²) < 4.78 is 11.9. The number of benzene rings is 3. The number of amides is 2. The first kappa shape index (κ1) is 26.9. The molecule has 2 heterocycles. The van der Waals surface area contributed by atoms with Crippen molar-refractivity contribution in [3.8, 4) is 11.5 Å². The third-order valence-corrected chi connectivity index (χ3v) is 9.01. The fourth-order valence-electron chi connectivity index (χ4n) is 6.34. The Labute approximate surface area is 246 Å². The van der Waals surface area contributed by atoms with Crippen LogP contribution in [-0.2, 0) is 14.2 Å². The Kier molecular flexibility index (Phi) is 7.10. The number of hydrogen-bond donors (Lipinski definition) is 3. The van der Waals surface area contributed by atoms with Crippen molar-refractivity contribution in [3.05, 3.63) is 86.9 Å². The largest absolute Gasteiger partial charge is 0.504 e. The normalized spacial score (nSPS) is 24.2. The molecule has 3 aromatic carbocycles. The van der Waals surface area contributed by atoms with Crippen LogP contribution in [0.1, 0.15) is 31.4 Å². The number of halogens is 1. The lowest BCUT2D eigenvalue weighted by atomic mass is 9.55. The van der Waals surface area contributed by atoms with Crippen LogP contribution >= 0.6 is 22.6 Å². The lowest BCUT2D eigenvalue weighted by Gasteiger charge is -2.41. The molecule has 0 radical (unpaired) electrons. The zero-order valence-electron chi connectivity index (χ0n) is 22.0. The summed E-state index contributed by atoms with van der Waals surface area (Å²) in [6.45, 7) is 1.91. The quantitative estimate of drug-likeness (QED) is 0.194. The molecule has 3 N–H and O–H groups in total. The van der Waals surface area contributed by atoms with Crippen molar-refractivity contribution in [2.24, 2.45) is 17.8 Å². The van der Waals surface area contributed by atoms with Gasteiger partial charge in [0.25, 0.3) is 0 Å². The minimum Gasteiger partial charge on any atom is -0.504 e. The fourth-order valence-corrected chi connectivity index (χ4v) is 6.97. The Bertz CT molecular complexity index is 1510. The van der Waals surface area contributed by atoms with Gasteiger partial charge < -0.3 is 24.8 Å². The van der Waals surface area contributed by atoms with E-state index in [-0.39, 0.29) is 23.5 Å². The van der Waals surface area contributed by atoms with E-state index in [0.29, 0.717) is 33.3 Å². The molecule has 3 aliphatic rings. The number of nitrogens with zero attached hydrogens (tertiary/aromatic N) is 1. The van der Waals surface area contributed by atoms with E-state index in [1.165, 1.54) is 12.0 Å². The Balaban J connectivity index is 1.29. The number of nitrogens with one attached hydrogen (secondary N) is 1. The van der Waals surface area contributed by atoms with Crippen molar-refractivity contribution in [3.63, 3.8) is 0 Å². The maximum absolute atomic E-state index is 13.9. The van der Waals surface area contributed by atoms with Crippen LogP contribution in [0.5, 0.6) is 11.5 Å². The van der Waals surface area contributed by atoms with Crippen LogP contribution in [0.4, 0.5) is 17.1 Å². The molecule has 204 valence electrons. The number of phenolic OH excluding ortho intramolecular Hbond substituents is 1. The number of anilines is 3. The predicted molar refractivity (Wildman–Crippen MR) is 160 cm³/mol. The molecule has 0 aromatic heterocycles. The number of ether oxygens (including phenoxy) is 1. The number of aromatic hydroxyl groups is 1. The highest BCUT2D eigenvalue weighted by molar-refractivity contribution is 14.1. The highest BCUT2D eigenvalue weighted by atomic mass is 127. The number of carbonyl (C=O) groups is 2. The van der Waals surface area contributed by atoms with Gasteiger partial charge in [0.05, 0.1) is 34.3 Å². The topological polar surface area (TPSA) is 108 Å². The summed E-state index contributed by atoms with van der Waals surface area (Å²) in [5, 5.41) is 24.7. The number of methoxy groups -OCH3 is 1. The van der Waals surface area contributed by atoms with Crippen molar-refractivity contribution in [2.45, 2.75) is 25.9 Å². The summed E-state index contributed by atoms with van der Waals surface area (Å²) in [6.07, 6.45) is 0.279. The van der Waals surface area contributed by atoms with E-state index >= 15 is 0 Å². The maximum atomic E-state index is 13.9. The molecule has 0 unspecified atom stereocenters. The Morgan fingerprint density at radius 1 is 1.02 bits per heavy atom. The van der Waals surface area contributed by atoms with Crippen molar-refractivity contribution < 1.29 is 29.1 Å². The number of hydrogen-bond acceptors (Lipinski definition) is 7. The molecule has 40 heavy (non-hydrogen) atoms. The molecular formula is C30H28BIN2O6. The highest BCUT2D eigenvalue weighted by Crippen LogP contribution is 2.52. The molecule has 8 nitrogen and oxygen atoms in total. The second-order valence-electron chi connectivity index (χ2n) is 10.5. The van der Waals surface area contributed by atoms with Crippen molar-refractivity contribution in [1.29, 1.82) is 0 Å². The van der Waals surface area contributed by atoms with Crippen LogP contribution in [0.3, 0.4) is 0 Å². The third kappa shape index (κ3) is 4.57. The number of carbonyl (C=O) groups excluding carboxylic acids is 2. The van der Waals surface area contributed by atoms with Crippen molar-refractivity contribution >= 4 is 58.6 Å². The Morgan fingerprint density at radius 2 is 1.73 bits per heavy atom. The molecule has 2 amide bonds. The van der Waals surface area contributed by atoms with Crippen molar-refractivity contribution in [1.82, 2.24) is 0 Å². The zero-order valence-corrected chi connectivity index (χ0v) is 24.2. The molecule has 1 aliphatic carbocycles.